The van der Waals surface area contributed by atoms with Crippen LogP contribution >= 0.6 is 0 Å². The molecule has 0 spiro atoms. The molecule has 0 aromatic rings. The second-order valence-electron chi connectivity index (χ2n) is 5.78. The van der Waals surface area contributed by atoms with E-state index in [1.54, 1.807) is 14.2 Å². The first-order chi connectivity index (χ1) is 8.53. The van der Waals surface area contributed by atoms with Gasteiger partial charge in [0.05, 0.1) is 0 Å². The van der Waals surface area contributed by atoms with Crippen LogP contribution in [0.4, 0.5) is 0 Å². The third-order valence-corrected chi connectivity index (χ3v) is 4.37. The molecule has 4 unspecified atom stereocenters. The van der Waals surface area contributed by atoms with E-state index in [9.17, 15) is 0 Å². The predicted molar refractivity (Wildman–Crippen MR) is 74.4 cm³/mol. The Balaban J connectivity index is 2.67. The van der Waals surface area contributed by atoms with E-state index in [1.807, 2.05) is 0 Å². The van der Waals surface area contributed by atoms with Gasteiger partial charge >= 0.3 is 0 Å². The van der Waals surface area contributed by atoms with Gasteiger partial charge in [-0.2, -0.15) is 0 Å². The SMILES string of the molecule is COC(CC(CN)N1CC(C)CC(C)C1C)OC. The van der Waals surface area contributed by atoms with Gasteiger partial charge in [0, 0.05) is 45.8 Å². The standard InChI is InChI=1S/C14H30N2O2/c1-10-6-11(2)12(3)16(9-10)13(8-15)7-14(17-4)18-5/h10-14H,6-9,15H2,1-5H3. The first-order valence-corrected chi connectivity index (χ1v) is 7.04. The van der Waals surface area contributed by atoms with Gasteiger partial charge in [-0.05, 0) is 25.2 Å². The molecule has 0 aromatic heterocycles. The third-order valence-electron chi connectivity index (χ3n) is 4.37. The van der Waals surface area contributed by atoms with Gasteiger partial charge in [0.1, 0.15) is 0 Å². The first-order valence-electron chi connectivity index (χ1n) is 7.04. The van der Waals surface area contributed by atoms with Crippen LogP contribution in [-0.2, 0) is 9.47 Å². The molecule has 1 fully saturated rings. The van der Waals surface area contributed by atoms with Gasteiger partial charge in [0.25, 0.3) is 0 Å². The number of ether oxygens (including phenoxy) is 2. The van der Waals surface area contributed by atoms with E-state index >= 15 is 0 Å². The Morgan fingerprint density at radius 3 is 2.33 bits per heavy atom. The van der Waals surface area contributed by atoms with Crippen molar-refractivity contribution in [1.29, 1.82) is 0 Å². The van der Waals surface area contributed by atoms with Crippen LogP contribution in [0, 0.1) is 11.8 Å². The van der Waals surface area contributed by atoms with E-state index < -0.39 is 0 Å². The summed E-state index contributed by atoms with van der Waals surface area (Å²) in [4.78, 5) is 2.55. The maximum atomic E-state index is 5.96. The summed E-state index contributed by atoms with van der Waals surface area (Å²) in [5, 5.41) is 0. The van der Waals surface area contributed by atoms with Crippen LogP contribution in [0.3, 0.4) is 0 Å². The van der Waals surface area contributed by atoms with Gasteiger partial charge in [-0.3, -0.25) is 4.90 Å². The van der Waals surface area contributed by atoms with E-state index in [2.05, 4.69) is 25.7 Å². The first kappa shape index (κ1) is 15.9. The average molecular weight is 258 g/mol. The summed E-state index contributed by atoms with van der Waals surface area (Å²) >= 11 is 0. The Labute approximate surface area is 112 Å². The minimum atomic E-state index is -0.154. The molecule has 1 rings (SSSR count). The fourth-order valence-electron chi connectivity index (χ4n) is 3.12. The normalized spacial score (nSPS) is 31.8. The highest BCUT2D eigenvalue weighted by Gasteiger charge is 2.33. The second-order valence-corrected chi connectivity index (χ2v) is 5.78. The summed E-state index contributed by atoms with van der Waals surface area (Å²) in [5.74, 6) is 1.47. The van der Waals surface area contributed by atoms with Crippen molar-refractivity contribution in [2.75, 3.05) is 27.3 Å². The van der Waals surface area contributed by atoms with Crippen molar-refractivity contribution < 1.29 is 9.47 Å². The Bertz CT molecular complexity index is 234. The molecular formula is C14H30N2O2. The van der Waals surface area contributed by atoms with Crippen molar-refractivity contribution in [3.63, 3.8) is 0 Å². The Morgan fingerprint density at radius 2 is 1.83 bits per heavy atom. The van der Waals surface area contributed by atoms with Gasteiger partial charge in [-0.15, -0.1) is 0 Å². The molecule has 0 amide bonds. The molecule has 1 saturated heterocycles. The molecule has 0 radical (unpaired) electrons. The largest absolute Gasteiger partial charge is 0.356 e. The lowest BCUT2D eigenvalue weighted by molar-refractivity contribution is -0.121. The highest BCUT2D eigenvalue weighted by Crippen LogP contribution is 2.29. The molecule has 2 N–H and O–H groups in total. The monoisotopic (exact) mass is 258 g/mol. The van der Waals surface area contributed by atoms with Gasteiger partial charge in [0.2, 0.25) is 0 Å². The number of hydrogen-bond donors (Lipinski definition) is 1. The number of nitrogens with two attached hydrogens (primary N) is 1. The molecule has 0 bridgehead atoms. The molecule has 1 aliphatic heterocycles. The zero-order chi connectivity index (χ0) is 13.7. The van der Waals surface area contributed by atoms with Crippen molar-refractivity contribution in [3.05, 3.63) is 0 Å². The van der Waals surface area contributed by atoms with Gasteiger partial charge in [-0.1, -0.05) is 13.8 Å². The highest BCUT2D eigenvalue weighted by atomic mass is 16.7. The maximum Gasteiger partial charge on any atom is 0.158 e. The lowest BCUT2D eigenvalue weighted by Gasteiger charge is -2.45. The number of rotatable bonds is 6. The van der Waals surface area contributed by atoms with Gasteiger partial charge in [-0.25, -0.2) is 0 Å². The number of nitrogens with zero attached hydrogens (tertiary/aromatic N) is 1. The molecule has 4 atom stereocenters. The molecule has 108 valence electrons. The van der Waals surface area contributed by atoms with Crippen molar-refractivity contribution in [2.45, 2.75) is 52.0 Å². The van der Waals surface area contributed by atoms with Crippen LogP contribution in [0.2, 0.25) is 0 Å². The fraction of sp³-hybridized carbons (Fsp3) is 1.00. The smallest absolute Gasteiger partial charge is 0.158 e. The highest BCUT2D eigenvalue weighted by molar-refractivity contribution is 4.87. The summed E-state index contributed by atoms with van der Waals surface area (Å²) < 4.78 is 10.6. The Morgan fingerprint density at radius 1 is 1.22 bits per heavy atom. The minimum Gasteiger partial charge on any atom is -0.356 e. The molecule has 4 heteroatoms. The second kappa shape index (κ2) is 7.43. The average Bonchev–Trinajstić information content (AvgIpc) is 2.36. The molecule has 0 saturated carbocycles. The van der Waals surface area contributed by atoms with Crippen molar-refractivity contribution >= 4 is 0 Å². The summed E-state index contributed by atoms with van der Waals surface area (Å²) in [5.41, 5.74) is 5.96. The number of methoxy groups -OCH3 is 2. The lowest BCUT2D eigenvalue weighted by Crippen LogP contribution is -2.54. The molecule has 0 aromatic carbocycles. The van der Waals surface area contributed by atoms with E-state index in [-0.39, 0.29) is 6.29 Å². The zero-order valence-electron chi connectivity index (χ0n) is 12.6. The number of likely N-dealkylation sites (tertiary alicyclic amines) is 1. The van der Waals surface area contributed by atoms with E-state index in [0.29, 0.717) is 18.6 Å². The van der Waals surface area contributed by atoms with Crippen LogP contribution in [0.1, 0.15) is 33.6 Å². The van der Waals surface area contributed by atoms with Gasteiger partial charge < -0.3 is 15.2 Å². The predicted octanol–water partition coefficient (Wildman–Crippen LogP) is 1.69. The van der Waals surface area contributed by atoms with Crippen LogP contribution in [0.25, 0.3) is 0 Å². The van der Waals surface area contributed by atoms with Crippen molar-refractivity contribution in [2.24, 2.45) is 17.6 Å². The molecule has 0 aliphatic carbocycles. The van der Waals surface area contributed by atoms with Crippen LogP contribution in [0.5, 0.6) is 0 Å². The number of hydrogen-bond acceptors (Lipinski definition) is 4. The van der Waals surface area contributed by atoms with Crippen molar-refractivity contribution in [3.8, 4) is 0 Å². The minimum absolute atomic E-state index is 0.154. The Kier molecular flexibility index (Phi) is 6.57. The van der Waals surface area contributed by atoms with Crippen LogP contribution in [-0.4, -0.2) is 50.6 Å². The van der Waals surface area contributed by atoms with E-state index in [4.69, 9.17) is 15.2 Å². The summed E-state index contributed by atoms with van der Waals surface area (Å²) in [6.07, 6.45) is 2.00. The number of piperidine rings is 1. The van der Waals surface area contributed by atoms with Crippen molar-refractivity contribution in [1.82, 2.24) is 4.90 Å². The molecule has 4 nitrogen and oxygen atoms in total. The van der Waals surface area contributed by atoms with Crippen LogP contribution < -0.4 is 5.73 Å². The molecule has 1 heterocycles. The summed E-state index contributed by atoms with van der Waals surface area (Å²) in [6, 6.07) is 0.930. The zero-order valence-corrected chi connectivity index (χ0v) is 12.6. The molecule has 1 aliphatic rings. The summed E-state index contributed by atoms with van der Waals surface area (Å²) in [7, 11) is 3.37. The molecular weight excluding hydrogens is 228 g/mol. The van der Waals surface area contributed by atoms with E-state index in [0.717, 1.165) is 24.8 Å². The molecule has 18 heavy (non-hydrogen) atoms. The van der Waals surface area contributed by atoms with Gasteiger partial charge in [0.15, 0.2) is 6.29 Å². The topological polar surface area (TPSA) is 47.7 Å². The van der Waals surface area contributed by atoms with Crippen LogP contribution in [0.15, 0.2) is 0 Å². The maximum absolute atomic E-state index is 5.96. The summed E-state index contributed by atoms with van der Waals surface area (Å²) in [6.45, 7) is 8.77. The quantitative estimate of drug-likeness (QED) is 0.737. The lowest BCUT2D eigenvalue weighted by atomic mass is 9.84. The van der Waals surface area contributed by atoms with E-state index in [1.165, 1.54) is 6.42 Å². The Hall–Kier alpha value is -0.160. The third kappa shape index (κ3) is 3.92. The fourth-order valence-corrected chi connectivity index (χ4v) is 3.12.